The molecule has 24 heavy (non-hydrogen) atoms. The van der Waals surface area contributed by atoms with Gasteiger partial charge in [0.05, 0.1) is 12.3 Å². The Labute approximate surface area is 145 Å². The van der Waals surface area contributed by atoms with Gasteiger partial charge in [-0.2, -0.15) is 5.10 Å². The van der Waals surface area contributed by atoms with Crippen LogP contribution in [0.1, 0.15) is 36.7 Å². The Morgan fingerprint density at radius 2 is 2.08 bits per heavy atom. The van der Waals surface area contributed by atoms with Crippen molar-refractivity contribution in [2.45, 2.75) is 40.0 Å². The molecule has 1 aliphatic heterocycles. The molecular formula is C18H32N4O2. The minimum Gasteiger partial charge on any atom is -0.384 e. The summed E-state index contributed by atoms with van der Waals surface area (Å²) in [5, 5.41) is 11.0. The molecule has 6 nitrogen and oxygen atoms in total. The van der Waals surface area contributed by atoms with Gasteiger partial charge in [-0.3, -0.25) is 9.48 Å². The first-order chi connectivity index (χ1) is 11.4. The zero-order valence-corrected chi connectivity index (χ0v) is 15.7. The van der Waals surface area contributed by atoms with E-state index in [4.69, 9.17) is 4.74 Å². The largest absolute Gasteiger partial charge is 0.384 e. The lowest BCUT2D eigenvalue weighted by molar-refractivity contribution is -0.125. The highest BCUT2D eigenvalue weighted by atomic mass is 16.5. The van der Waals surface area contributed by atoms with Crippen LogP contribution in [0, 0.1) is 25.2 Å². The number of hydrogen-bond donors (Lipinski definition) is 2. The molecule has 6 heteroatoms. The third-order valence-corrected chi connectivity index (χ3v) is 5.37. The van der Waals surface area contributed by atoms with Crippen LogP contribution in [0.2, 0.25) is 0 Å². The topological polar surface area (TPSA) is 68.2 Å². The number of aromatic nitrogens is 2. The number of carbonyl (C=O) groups is 1. The van der Waals surface area contributed by atoms with E-state index in [1.165, 1.54) is 5.56 Å². The molecular weight excluding hydrogens is 304 g/mol. The Hall–Kier alpha value is -1.40. The van der Waals surface area contributed by atoms with Crippen LogP contribution >= 0.6 is 0 Å². The molecule has 2 heterocycles. The Bertz CT molecular complexity index is 556. The van der Waals surface area contributed by atoms with E-state index in [1.54, 1.807) is 7.11 Å². The highest BCUT2D eigenvalue weighted by molar-refractivity contribution is 5.78. The van der Waals surface area contributed by atoms with Crippen molar-refractivity contribution in [1.82, 2.24) is 20.4 Å². The highest BCUT2D eigenvalue weighted by Crippen LogP contribution is 2.28. The number of piperidine rings is 1. The average molecular weight is 336 g/mol. The van der Waals surface area contributed by atoms with Gasteiger partial charge < -0.3 is 15.4 Å². The average Bonchev–Trinajstić information content (AvgIpc) is 2.80. The van der Waals surface area contributed by atoms with E-state index in [0.29, 0.717) is 13.2 Å². The van der Waals surface area contributed by atoms with Crippen LogP contribution in [0.4, 0.5) is 0 Å². The van der Waals surface area contributed by atoms with Crippen molar-refractivity contribution in [3.05, 3.63) is 17.0 Å². The molecule has 1 saturated heterocycles. The second-order valence-electron chi connectivity index (χ2n) is 7.28. The van der Waals surface area contributed by atoms with E-state index in [-0.39, 0.29) is 17.2 Å². The molecule has 2 N–H and O–H groups in total. The Kier molecular flexibility index (Phi) is 6.40. The number of ether oxygens (including phenoxy) is 1. The van der Waals surface area contributed by atoms with E-state index in [1.807, 2.05) is 25.6 Å². The van der Waals surface area contributed by atoms with Crippen molar-refractivity contribution in [3.63, 3.8) is 0 Å². The second kappa shape index (κ2) is 8.12. The summed E-state index contributed by atoms with van der Waals surface area (Å²) >= 11 is 0. The lowest BCUT2D eigenvalue weighted by Gasteiger charge is -2.37. The molecule has 1 fully saturated rings. The van der Waals surface area contributed by atoms with E-state index in [2.05, 4.69) is 22.7 Å². The fourth-order valence-electron chi connectivity index (χ4n) is 3.60. The molecule has 0 aliphatic carbocycles. The van der Waals surface area contributed by atoms with Gasteiger partial charge in [-0.05, 0) is 51.8 Å². The zero-order chi connectivity index (χ0) is 17.7. The summed E-state index contributed by atoms with van der Waals surface area (Å²) in [4.78, 5) is 12.6. The van der Waals surface area contributed by atoms with Gasteiger partial charge in [-0.15, -0.1) is 0 Å². The fourth-order valence-corrected chi connectivity index (χ4v) is 3.60. The first-order valence-electron chi connectivity index (χ1n) is 8.85. The van der Waals surface area contributed by atoms with Crippen molar-refractivity contribution >= 4 is 5.91 Å². The van der Waals surface area contributed by atoms with Crippen molar-refractivity contribution in [1.29, 1.82) is 0 Å². The number of amides is 1. The number of carbonyl (C=O) groups excluding carboxylic acids is 1. The summed E-state index contributed by atoms with van der Waals surface area (Å²) in [7, 11) is 3.68. The number of nitrogens with zero attached hydrogens (tertiary/aromatic N) is 2. The van der Waals surface area contributed by atoms with Gasteiger partial charge in [0.1, 0.15) is 0 Å². The van der Waals surface area contributed by atoms with Crippen molar-refractivity contribution in [3.8, 4) is 0 Å². The van der Waals surface area contributed by atoms with Gasteiger partial charge in [0.25, 0.3) is 0 Å². The van der Waals surface area contributed by atoms with Gasteiger partial charge in [-0.1, -0.05) is 6.92 Å². The maximum atomic E-state index is 12.6. The van der Waals surface area contributed by atoms with Gasteiger partial charge >= 0.3 is 0 Å². The highest BCUT2D eigenvalue weighted by Gasteiger charge is 2.33. The standard InChI is InChI=1S/C18H32N4O2/c1-13(10-16-14(2)21-22(4)15(16)3)17(23)20-11-18(12-24-5)6-8-19-9-7-18/h13,19H,6-12H2,1-5H3,(H,20,23). The van der Waals surface area contributed by atoms with Crippen LogP contribution in [-0.4, -0.2) is 49.0 Å². The second-order valence-corrected chi connectivity index (χ2v) is 7.28. The number of nitrogens with one attached hydrogen (secondary N) is 2. The van der Waals surface area contributed by atoms with Gasteiger partial charge in [0.2, 0.25) is 5.91 Å². The molecule has 1 unspecified atom stereocenters. The molecule has 0 bridgehead atoms. The minimum atomic E-state index is -0.0621. The monoisotopic (exact) mass is 336 g/mol. The van der Waals surface area contributed by atoms with Crippen LogP contribution < -0.4 is 10.6 Å². The third-order valence-electron chi connectivity index (χ3n) is 5.37. The Morgan fingerprint density at radius 1 is 1.42 bits per heavy atom. The van der Waals surface area contributed by atoms with Gasteiger partial charge in [-0.25, -0.2) is 0 Å². The molecule has 0 saturated carbocycles. The maximum Gasteiger partial charge on any atom is 0.223 e. The molecule has 1 aliphatic rings. The van der Waals surface area contributed by atoms with Gasteiger partial charge in [0, 0.05) is 37.7 Å². The molecule has 136 valence electrons. The number of methoxy groups -OCH3 is 1. The number of rotatable bonds is 7. The molecule has 1 amide bonds. The summed E-state index contributed by atoms with van der Waals surface area (Å²) in [5.41, 5.74) is 3.41. The first kappa shape index (κ1) is 18.9. The van der Waals surface area contributed by atoms with E-state index in [9.17, 15) is 4.79 Å². The Morgan fingerprint density at radius 3 is 2.62 bits per heavy atom. The Balaban J connectivity index is 1.93. The van der Waals surface area contributed by atoms with E-state index >= 15 is 0 Å². The van der Waals surface area contributed by atoms with Crippen molar-refractivity contribution in [2.75, 3.05) is 33.4 Å². The molecule has 0 radical (unpaired) electrons. The van der Waals surface area contributed by atoms with Crippen LogP contribution in [0.25, 0.3) is 0 Å². The lowest BCUT2D eigenvalue weighted by atomic mass is 9.79. The SMILES string of the molecule is COCC1(CNC(=O)C(C)Cc2c(C)nn(C)c2C)CCNCC1. The van der Waals surface area contributed by atoms with Gasteiger partial charge in [0.15, 0.2) is 0 Å². The summed E-state index contributed by atoms with van der Waals surface area (Å²) in [6.45, 7) is 9.43. The third kappa shape index (κ3) is 4.36. The predicted molar refractivity (Wildman–Crippen MR) is 95.0 cm³/mol. The number of hydrogen-bond acceptors (Lipinski definition) is 4. The van der Waals surface area contributed by atoms with E-state index < -0.39 is 0 Å². The van der Waals surface area contributed by atoms with Crippen molar-refractivity contribution in [2.24, 2.45) is 18.4 Å². The van der Waals surface area contributed by atoms with E-state index in [0.717, 1.165) is 43.7 Å². The molecule has 0 spiro atoms. The lowest BCUT2D eigenvalue weighted by Crippen LogP contribution is -2.48. The van der Waals surface area contributed by atoms with Crippen LogP contribution in [0.15, 0.2) is 0 Å². The van der Waals surface area contributed by atoms with Crippen LogP contribution in [0.3, 0.4) is 0 Å². The summed E-state index contributed by atoms with van der Waals surface area (Å²) in [5.74, 6) is 0.0552. The normalized spacial score (nSPS) is 18.4. The van der Waals surface area contributed by atoms with Crippen molar-refractivity contribution < 1.29 is 9.53 Å². The summed E-state index contributed by atoms with van der Waals surface area (Å²) in [6.07, 6.45) is 2.81. The molecule has 1 atom stereocenters. The summed E-state index contributed by atoms with van der Waals surface area (Å²) < 4.78 is 7.30. The molecule has 1 aromatic heterocycles. The quantitative estimate of drug-likeness (QED) is 0.789. The molecule has 1 aromatic rings. The zero-order valence-electron chi connectivity index (χ0n) is 15.7. The van der Waals surface area contributed by atoms with Crippen LogP contribution in [-0.2, 0) is 23.0 Å². The smallest absolute Gasteiger partial charge is 0.223 e. The minimum absolute atomic E-state index is 0.0621. The number of aryl methyl sites for hydroxylation is 2. The fraction of sp³-hybridized carbons (Fsp3) is 0.778. The molecule has 2 rings (SSSR count). The molecule has 0 aromatic carbocycles. The maximum absolute atomic E-state index is 12.6. The van der Waals surface area contributed by atoms with Crippen LogP contribution in [0.5, 0.6) is 0 Å². The predicted octanol–water partition coefficient (Wildman–Crippen LogP) is 1.35. The first-order valence-corrected chi connectivity index (χ1v) is 8.85. The summed E-state index contributed by atoms with van der Waals surface area (Å²) in [6, 6.07) is 0.